The molecule has 2 aromatic rings. The van der Waals surface area contributed by atoms with Crippen molar-refractivity contribution in [3.63, 3.8) is 0 Å². The van der Waals surface area contributed by atoms with Gasteiger partial charge in [0.05, 0.1) is 13.7 Å². The Balaban J connectivity index is 1.66. The van der Waals surface area contributed by atoms with Crippen LogP contribution in [0.15, 0.2) is 48.5 Å². The summed E-state index contributed by atoms with van der Waals surface area (Å²) in [5, 5.41) is 0. The molecule has 2 aromatic carbocycles. The van der Waals surface area contributed by atoms with E-state index in [0.29, 0.717) is 6.61 Å². The molecule has 2 rings (SSSR count). The van der Waals surface area contributed by atoms with E-state index < -0.39 is 0 Å². The number of terminal acetylenes is 1. The van der Waals surface area contributed by atoms with Crippen LogP contribution in [0.1, 0.15) is 25.7 Å². The van der Waals surface area contributed by atoms with E-state index in [1.54, 1.807) is 7.11 Å². The number of rotatable bonds is 11. The Morgan fingerprint density at radius 3 is 1.88 bits per heavy atom. The van der Waals surface area contributed by atoms with E-state index in [2.05, 4.69) is 30.2 Å². The Bertz CT molecular complexity index is 638. The first-order valence-corrected chi connectivity index (χ1v) is 8.72. The molecule has 0 saturated carbocycles. The molecule has 3 nitrogen and oxygen atoms in total. The average molecular weight is 338 g/mol. The normalized spacial score (nSPS) is 10.2. The van der Waals surface area contributed by atoms with Crippen LogP contribution in [0, 0.1) is 12.3 Å². The first-order chi connectivity index (χ1) is 12.3. The van der Waals surface area contributed by atoms with Gasteiger partial charge in [-0.3, -0.25) is 0 Å². The predicted molar refractivity (Wildman–Crippen MR) is 102 cm³/mol. The fourth-order valence-electron chi connectivity index (χ4n) is 2.51. The largest absolute Gasteiger partial charge is 0.497 e. The molecule has 25 heavy (non-hydrogen) atoms. The van der Waals surface area contributed by atoms with E-state index in [1.165, 1.54) is 11.1 Å². The minimum atomic E-state index is 0.412. The smallest absolute Gasteiger partial charge is 0.119 e. The Labute approximate surface area is 150 Å². The number of ether oxygens (including phenoxy) is 3. The van der Waals surface area contributed by atoms with Crippen LogP contribution in [0.3, 0.4) is 0 Å². The van der Waals surface area contributed by atoms with Gasteiger partial charge >= 0.3 is 0 Å². The first kappa shape index (κ1) is 18.9. The van der Waals surface area contributed by atoms with Crippen molar-refractivity contribution in [2.45, 2.75) is 25.7 Å². The molecule has 0 radical (unpaired) electrons. The predicted octanol–water partition coefficient (Wildman–Crippen LogP) is 4.95. The van der Waals surface area contributed by atoms with E-state index in [1.807, 2.05) is 24.3 Å². The molecule has 0 heterocycles. The Morgan fingerprint density at radius 1 is 0.760 bits per heavy atom. The molecule has 0 aliphatic heterocycles. The molecule has 0 spiro atoms. The third-order valence-corrected chi connectivity index (χ3v) is 3.91. The molecule has 0 bridgehead atoms. The van der Waals surface area contributed by atoms with E-state index in [4.69, 9.17) is 20.6 Å². The van der Waals surface area contributed by atoms with Gasteiger partial charge in [-0.25, -0.2) is 0 Å². The van der Waals surface area contributed by atoms with Crippen LogP contribution in [-0.2, 0) is 4.74 Å². The Kier molecular flexibility index (Phi) is 8.44. The maximum atomic E-state index is 5.80. The first-order valence-electron chi connectivity index (χ1n) is 8.72. The molecular weight excluding hydrogens is 312 g/mol. The second-order valence-electron chi connectivity index (χ2n) is 5.77. The van der Waals surface area contributed by atoms with Crippen LogP contribution in [0.5, 0.6) is 11.5 Å². The second kappa shape index (κ2) is 11.2. The van der Waals surface area contributed by atoms with Crippen molar-refractivity contribution < 1.29 is 14.2 Å². The number of hydrogen-bond donors (Lipinski definition) is 0. The molecule has 0 aromatic heterocycles. The van der Waals surface area contributed by atoms with Crippen LogP contribution >= 0.6 is 0 Å². The van der Waals surface area contributed by atoms with Crippen LogP contribution in [-0.4, -0.2) is 26.9 Å². The lowest BCUT2D eigenvalue weighted by Crippen LogP contribution is -1.98. The van der Waals surface area contributed by atoms with Gasteiger partial charge < -0.3 is 14.2 Å². The third kappa shape index (κ3) is 6.91. The zero-order valence-corrected chi connectivity index (χ0v) is 14.9. The molecular formula is C22H26O3. The fourth-order valence-corrected chi connectivity index (χ4v) is 2.51. The van der Waals surface area contributed by atoms with Crippen molar-refractivity contribution in [3.05, 3.63) is 48.5 Å². The van der Waals surface area contributed by atoms with Crippen LogP contribution in [0.25, 0.3) is 11.1 Å². The second-order valence-corrected chi connectivity index (χ2v) is 5.77. The van der Waals surface area contributed by atoms with Gasteiger partial charge in [-0.1, -0.05) is 36.6 Å². The molecule has 3 heteroatoms. The van der Waals surface area contributed by atoms with Gasteiger partial charge in [0, 0.05) is 6.61 Å². The third-order valence-electron chi connectivity index (χ3n) is 3.91. The molecule has 0 saturated heterocycles. The number of benzene rings is 2. The van der Waals surface area contributed by atoms with Crippen molar-refractivity contribution in [3.8, 4) is 35.0 Å². The zero-order valence-electron chi connectivity index (χ0n) is 14.9. The van der Waals surface area contributed by atoms with E-state index in [9.17, 15) is 0 Å². The molecule has 0 fully saturated rings. The van der Waals surface area contributed by atoms with Gasteiger partial charge in [-0.05, 0) is 54.7 Å². The number of unbranched alkanes of at least 4 members (excludes halogenated alkanes) is 3. The monoisotopic (exact) mass is 338 g/mol. The zero-order chi connectivity index (χ0) is 17.7. The van der Waals surface area contributed by atoms with Crippen molar-refractivity contribution in [1.82, 2.24) is 0 Å². The minimum Gasteiger partial charge on any atom is -0.497 e. The summed E-state index contributed by atoms with van der Waals surface area (Å²) in [6.07, 6.45) is 9.51. The van der Waals surface area contributed by atoms with Crippen LogP contribution < -0.4 is 9.47 Å². The average Bonchev–Trinajstić information content (AvgIpc) is 2.67. The van der Waals surface area contributed by atoms with Crippen LogP contribution in [0.4, 0.5) is 0 Å². The summed E-state index contributed by atoms with van der Waals surface area (Å²) in [6, 6.07) is 16.3. The van der Waals surface area contributed by atoms with Crippen LogP contribution in [0.2, 0.25) is 0 Å². The van der Waals surface area contributed by atoms with E-state index >= 15 is 0 Å². The molecule has 0 aliphatic rings. The number of methoxy groups -OCH3 is 1. The van der Waals surface area contributed by atoms with E-state index in [-0.39, 0.29) is 0 Å². The summed E-state index contributed by atoms with van der Waals surface area (Å²) in [4.78, 5) is 0. The van der Waals surface area contributed by atoms with Gasteiger partial charge in [0.25, 0.3) is 0 Å². The van der Waals surface area contributed by atoms with E-state index in [0.717, 1.165) is 50.4 Å². The lowest BCUT2D eigenvalue weighted by Gasteiger charge is -2.08. The van der Waals surface area contributed by atoms with Crippen molar-refractivity contribution in [1.29, 1.82) is 0 Å². The summed E-state index contributed by atoms with van der Waals surface area (Å²) in [6.45, 7) is 1.90. The van der Waals surface area contributed by atoms with Crippen molar-refractivity contribution in [2.75, 3.05) is 26.9 Å². The maximum Gasteiger partial charge on any atom is 0.119 e. The quantitative estimate of drug-likeness (QED) is 0.428. The SMILES string of the molecule is C#CCOCCCCCCOc1ccc(-c2ccc(OC)cc2)cc1. The standard InChI is InChI=1S/C22H26O3/c1-3-16-24-17-6-4-5-7-18-25-22-14-10-20(11-15-22)19-8-12-21(23-2)13-9-19/h1,8-15H,4-7,16-18H2,2H3. The summed E-state index contributed by atoms with van der Waals surface area (Å²) < 4.78 is 16.2. The number of hydrogen-bond acceptors (Lipinski definition) is 3. The highest BCUT2D eigenvalue weighted by Gasteiger charge is 2.00. The molecule has 0 amide bonds. The molecule has 0 N–H and O–H groups in total. The summed E-state index contributed by atoms with van der Waals surface area (Å²) >= 11 is 0. The van der Waals surface area contributed by atoms with Crippen molar-refractivity contribution >= 4 is 0 Å². The van der Waals surface area contributed by atoms with Gasteiger partial charge in [0.15, 0.2) is 0 Å². The molecule has 0 aliphatic carbocycles. The van der Waals surface area contributed by atoms with Gasteiger partial charge in [-0.2, -0.15) is 0 Å². The summed E-state index contributed by atoms with van der Waals surface area (Å²) in [5.74, 6) is 4.25. The summed E-state index contributed by atoms with van der Waals surface area (Å²) in [7, 11) is 1.67. The maximum absolute atomic E-state index is 5.80. The van der Waals surface area contributed by atoms with Gasteiger partial charge in [0.2, 0.25) is 0 Å². The highest BCUT2D eigenvalue weighted by atomic mass is 16.5. The van der Waals surface area contributed by atoms with Crippen molar-refractivity contribution in [2.24, 2.45) is 0 Å². The lowest BCUT2D eigenvalue weighted by molar-refractivity contribution is 0.161. The molecule has 0 unspecified atom stereocenters. The molecule has 0 atom stereocenters. The molecule has 132 valence electrons. The minimum absolute atomic E-state index is 0.412. The highest BCUT2D eigenvalue weighted by Crippen LogP contribution is 2.24. The Morgan fingerprint density at radius 2 is 1.32 bits per heavy atom. The van der Waals surface area contributed by atoms with Gasteiger partial charge in [-0.15, -0.1) is 6.42 Å². The lowest BCUT2D eigenvalue weighted by atomic mass is 10.1. The Hall–Kier alpha value is -2.44. The highest BCUT2D eigenvalue weighted by molar-refractivity contribution is 5.64. The van der Waals surface area contributed by atoms with Gasteiger partial charge in [0.1, 0.15) is 18.1 Å². The fraction of sp³-hybridized carbons (Fsp3) is 0.364. The summed E-state index contributed by atoms with van der Waals surface area (Å²) in [5.41, 5.74) is 2.33. The topological polar surface area (TPSA) is 27.7 Å².